The molecule has 1 aromatic rings. The van der Waals surface area contributed by atoms with Crippen LogP contribution in [0.3, 0.4) is 0 Å². The molecule has 0 saturated carbocycles. The number of anilines is 1. The molecule has 1 aromatic carbocycles. The number of hydrogen-bond donors (Lipinski definition) is 0. The lowest BCUT2D eigenvalue weighted by Gasteiger charge is -2.20. The van der Waals surface area contributed by atoms with Crippen LogP contribution in [0.15, 0.2) is 37.0 Å². The predicted octanol–water partition coefficient (Wildman–Crippen LogP) is 3.22. The molecule has 0 aliphatic rings. The van der Waals surface area contributed by atoms with Gasteiger partial charge in [0.25, 0.3) is 0 Å². The Balaban J connectivity index is 3.03. The van der Waals surface area contributed by atoms with Crippen molar-refractivity contribution in [1.82, 2.24) is 0 Å². The minimum atomic E-state index is 0.973. The Morgan fingerprint density at radius 2 is 2.00 bits per heavy atom. The fourth-order valence-electron chi connectivity index (χ4n) is 1.49. The van der Waals surface area contributed by atoms with Gasteiger partial charge in [-0.2, -0.15) is 0 Å². The Bertz CT molecular complexity index is 278. The van der Waals surface area contributed by atoms with Gasteiger partial charge < -0.3 is 4.90 Å². The summed E-state index contributed by atoms with van der Waals surface area (Å²) in [4.78, 5) is 2.17. The number of benzene rings is 1. The van der Waals surface area contributed by atoms with E-state index in [0.717, 1.165) is 13.0 Å². The summed E-state index contributed by atoms with van der Waals surface area (Å²) in [5.74, 6) is 0. The standard InChI is InChI=1S/C12H17N/c1-4-11-9-7-8-10-12(11)13(5-2)6-3/h5,7-10H,2,4,6H2,1,3H3. The molecule has 0 unspecified atom stereocenters. The van der Waals surface area contributed by atoms with Crippen LogP contribution in [-0.4, -0.2) is 6.54 Å². The lowest BCUT2D eigenvalue weighted by atomic mass is 10.1. The number of hydrogen-bond acceptors (Lipinski definition) is 1. The average molecular weight is 175 g/mol. The van der Waals surface area contributed by atoms with Crippen LogP contribution >= 0.6 is 0 Å². The number of rotatable bonds is 4. The zero-order valence-electron chi connectivity index (χ0n) is 8.46. The molecule has 0 atom stereocenters. The Kier molecular flexibility index (Phi) is 3.56. The highest BCUT2D eigenvalue weighted by atomic mass is 15.1. The van der Waals surface area contributed by atoms with Crippen molar-refractivity contribution in [3.05, 3.63) is 42.6 Å². The first-order chi connectivity index (χ1) is 6.33. The largest absolute Gasteiger partial charge is 0.349 e. The number of nitrogens with zero attached hydrogens (tertiary/aromatic N) is 1. The van der Waals surface area contributed by atoms with E-state index in [1.54, 1.807) is 0 Å². The molecule has 0 N–H and O–H groups in total. The van der Waals surface area contributed by atoms with Crippen molar-refractivity contribution in [1.29, 1.82) is 0 Å². The summed E-state index contributed by atoms with van der Waals surface area (Å²) < 4.78 is 0. The Hall–Kier alpha value is -1.24. The minimum Gasteiger partial charge on any atom is -0.349 e. The Morgan fingerprint density at radius 1 is 1.31 bits per heavy atom. The van der Waals surface area contributed by atoms with Crippen LogP contribution in [0.2, 0.25) is 0 Å². The van der Waals surface area contributed by atoms with Gasteiger partial charge in [-0.15, -0.1) is 0 Å². The highest BCUT2D eigenvalue weighted by Crippen LogP contribution is 2.20. The minimum absolute atomic E-state index is 0.973. The summed E-state index contributed by atoms with van der Waals surface area (Å²) >= 11 is 0. The first-order valence-electron chi connectivity index (χ1n) is 4.80. The van der Waals surface area contributed by atoms with Gasteiger partial charge >= 0.3 is 0 Å². The first kappa shape index (κ1) is 9.85. The van der Waals surface area contributed by atoms with Crippen molar-refractivity contribution in [2.24, 2.45) is 0 Å². The fraction of sp³-hybridized carbons (Fsp3) is 0.333. The van der Waals surface area contributed by atoms with Gasteiger partial charge in [0.05, 0.1) is 0 Å². The highest BCUT2D eigenvalue weighted by molar-refractivity contribution is 5.55. The van der Waals surface area contributed by atoms with Gasteiger partial charge in [0.15, 0.2) is 0 Å². The van der Waals surface area contributed by atoms with Crippen LogP contribution in [0.25, 0.3) is 0 Å². The van der Waals surface area contributed by atoms with Crippen molar-refractivity contribution in [2.45, 2.75) is 20.3 Å². The van der Waals surface area contributed by atoms with Crippen molar-refractivity contribution in [3.63, 3.8) is 0 Å². The van der Waals surface area contributed by atoms with E-state index in [1.807, 2.05) is 6.20 Å². The van der Waals surface area contributed by atoms with E-state index < -0.39 is 0 Å². The summed E-state index contributed by atoms with van der Waals surface area (Å²) in [7, 11) is 0. The third-order valence-electron chi connectivity index (χ3n) is 2.24. The normalized spacial score (nSPS) is 9.69. The molecule has 0 spiro atoms. The summed E-state index contributed by atoms with van der Waals surface area (Å²) in [5.41, 5.74) is 2.66. The van der Waals surface area contributed by atoms with Crippen LogP contribution < -0.4 is 4.90 Å². The molecule has 0 aromatic heterocycles. The van der Waals surface area contributed by atoms with Crippen molar-refractivity contribution in [3.8, 4) is 0 Å². The molecule has 0 aliphatic carbocycles. The van der Waals surface area contributed by atoms with Gasteiger partial charge in [0.1, 0.15) is 0 Å². The summed E-state index contributed by atoms with van der Waals surface area (Å²) in [6.07, 6.45) is 2.95. The quantitative estimate of drug-likeness (QED) is 0.679. The molecule has 1 rings (SSSR count). The van der Waals surface area contributed by atoms with Crippen LogP contribution in [0, 0.1) is 0 Å². The Morgan fingerprint density at radius 3 is 2.54 bits per heavy atom. The van der Waals surface area contributed by atoms with E-state index in [2.05, 4.69) is 49.6 Å². The third kappa shape index (κ3) is 2.11. The zero-order valence-corrected chi connectivity index (χ0v) is 8.46. The molecule has 0 aliphatic heterocycles. The van der Waals surface area contributed by atoms with E-state index in [0.29, 0.717) is 0 Å². The monoisotopic (exact) mass is 175 g/mol. The molecule has 13 heavy (non-hydrogen) atoms. The molecule has 0 saturated heterocycles. The smallest absolute Gasteiger partial charge is 0.0438 e. The molecule has 0 amide bonds. The zero-order chi connectivity index (χ0) is 9.68. The summed E-state index contributed by atoms with van der Waals surface area (Å²) in [6, 6.07) is 8.46. The van der Waals surface area contributed by atoms with E-state index in [4.69, 9.17) is 0 Å². The van der Waals surface area contributed by atoms with Gasteiger partial charge in [-0.05, 0) is 31.2 Å². The van der Waals surface area contributed by atoms with Crippen molar-refractivity contribution < 1.29 is 0 Å². The molecule has 0 radical (unpaired) electrons. The van der Waals surface area contributed by atoms with Gasteiger partial charge in [-0.3, -0.25) is 0 Å². The lowest BCUT2D eigenvalue weighted by Crippen LogP contribution is -2.15. The first-order valence-corrected chi connectivity index (χ1v) is 4.80. The molecular weight excluding hydrogens is 158 g/mol. The topological polar surface area (TPSA) is 3.24 Å². The van der Waals surface area contributed by atoms with Crippen molar-refractivity contribution in [2.75, 3.05) is 11.4 Å². The van der Waals surface area contributed by atoms with Crippen LogP contribution in [0.1, 0.15) is 19.4 Å². The fourth-order valence-corrected chi connectivity index (χ4v) is 1.49. The molecule has 0 fully saturated rings. The molecular formula is C12H17N. The Labute approximate surface area is 80.7 Å². The highest BCUT2D eigenvalue weighted by Gasteiger charge is 2.03. The summed E-state index contributed by atoms with van der Waals surface area (Å²) in [5, 5.41) is 0. The van der Waals surface area contributed by atoms with Crippen LogP contribution in [0.4, 0.5) is 5.69 Å². The van der Waals surface area contributed by atoms with E-state index in [-0.39, 0.29) is 0 Å². The van der Waals surface area contributed by atoms with Crippen LogP contribution in [0.5, 0.6) is 0 Å². The van der Waals surface area contributed by atoms with E-state index >= 15 is 0 Å². The molecule has 1 heteroatoms. The SMILES string of the molecule is C=CN(CC)c1ccccc1CC. The van der Waals surface area contributed by atoms with Crippen molar-refractivity contribution >= 4 is 5.69 Å². The third-order valence-corrected chi connectivity index (χ3v) is 2.24. The molecule has 0 bridgehead atoms. The second-order valence-corrected chi connectivity index (χ2v) is 2.95. The predicted molar refractivity (Wildman–Crippen MR) is 59.0 cm³/mol. The van der Waals surface area contributed by atoms with Gasteiger partial charge in [-0.25, -0.2) is 0 Å². The molecule has 0 heterocycles. The number of para-hydroxylation sites is 1. The maximum absolute atomic E-state index is 3.81. The lowest BCUT2D eigenvalue weighted by molar-refractivity contribution is 0.992. The number of aryl methyl sites for hydroxylation is 1. The van der Waals surface area contributed by atoms with E-state index in [9.17, 15) is 0 Å². The second-order valence-electron chi connectivity index (χ2n) is 2.95. The average Bonchev–Trinajstić information content (AvgIpc) is 2.20. The van der Waals surface area contributed by atoms with Gasteiger partial charge in [0.2, 0.25) is 0 Å². The molecule has 70 valence electrons. The molecule has 1 nitrogen and oxygen atoms in total. The van der Waals surface area contributed by atoms with Crippen LogP contribution in [-0.2, 0) is 6.42 Å². The second kappa shape index (κ2) is 4.70. The summed E-state index contributed by atoms with van der Waals surface area (Å²) in [6.45, 7) is 9.09. The van der Waals surface area contributed by atoms with Gasteiger partial charge in [-0.1, -0.05) is 31.7 Å². The van der Waals surface area contributed by atoms with E-state index in [1.165, 1.54) is 11.3 Å². The van der Waals surface area contributed by atoms with Gasteiger partial charge in [0, 0.05) is 12.2 Å². The maximum Gasteiger partial charge on any atom is 0.0438 e. The maximum atomic E-state index is 3.81.